The topological polar surface area (TPSA) is 161 Å². The zero-order valence-electron chi connectivity index (χ0n) is 24.4. The zero-order valence-corrected chi connectivity index (χ0v) is 25.9. The number of aliphatic hydroxyl groups is 2. The van der Waals surface area contributed by atoms with Crippen molar-refractivity contribution in [3.05, 3.63) is 75.4 Å². The molecule has 3 heterocycles. The molecule has 4 rings (SSSR count). The van der Waals surface area contributed by atoms with E-state index in [1.165, 1.54) is 37.2 Å². The van der Waals surface area contributed by atoms with Crippen molar-refractivity contribution in [3.8, 4) is 22.6 Å². The molecule has 0 radical (unpaired) electrons. The third kappa shape index (κ3) is 6.63. The van der Waals surface area contributed by atoms with Gasteiger partial charge in [-0.3, -0.25) is 19.1 Å². The monoisotopic (exact) mass is 642 g/mol. The Labute approximate surface area is 263 Å². The van der Waals surface area contributed by atoms with Crippen molar-refractivity contribution in [1.29, 1.82) is 0 Å². The van der Waals surface area contributed by atoms with Crippen LogP contribution in [0.2, 0.25) is 10.0 Å². The Hall–Kier alpha value is -4.23. The van der Waals surface area contributed by atoms with Gasteiger partial charge in [0.25, 0.3) is 5.56 Å². The number of carbonyl (C=O) groups is 1. The van der Waals surface area contributed by atoms with Crippen molar-refractivity contribution in [3.63, 3.8) is 0 Å². The number of hydrogen-bond donors (Lipinski definition) is 4. The molecule has 0 atom stereocenters. The predicted octanol–water partition coefficient (Wildman–Crippen LogP) is 4.09. The van der Waals surface area contributed by atoms with E-state index in [1.54, 1.807) is 25.1 Å². The summed E-state index contributed by atoms with van der Waals surface area (Å²) in [4.78, 5) is 39.2. The molecule has 0 saturated carbocycles. The van der Waals surface area contributed by atoms with Crippen molar-refractivity contribution in [2.75, 3.05) is 38.1 Å². The second kappa shape index (κ2) is 14.0. The third-order valence-corrected chi connectivity index (χ3v) is 7.95. The number of methoxy groups -OCH3 is 2. The first kappa shape index (κ1) is 32.7. The van der Waals surface area contributed by atoms with E-state index >= 15 is 0 Å². The minimum atomic E-state index is -1.07. The average molecular weight is 644 g/mol. The van der Waals surface area contributed by atoms with Gasteiger partial charge in [-0.2, -0.15) is 4.98 Å². The number of hydrogen-bond acceptors (Lipinski definition) is 10. The van der Waals surface area contributed by atoms with Crippen molar-refractivity contribution < 1.29 is 24.5 Å². The predicted molar refractivity (Wildman–Crippen MR) is 170 cm³/mol. The minimum Gasteiger partial charge on any atom is -0.495 e. The molecule has 44 heavy (non-hydrogen) atoms. The van der Waals surface area contributed by atoms with Crippen LogP contribution in [0.3, 0.4) is 0 Å². The highest BCUT2D eigenvalue weighted by atomic mass is 35.5. The van der Waals surface area contributed by atoms with Crippen LogP contribution in [-0.2, 0) is 17.8 Å². The van der Waals surface area contributed by atoms with Gasteiger partial charge in [0.15, 0.2) is 0 Å². The van der Waals surface area contributed by atoms with E-state index in [-0.39, 0.29) is 69.9 Å². The summed E-state index contributed by atoms with van der Waals surface area (Å²) in [6.45, 7) is 4.65. The van der Waals surface area contributed by atoms with E-state index in [2.05, 4.69) is 32.2 Å². The van der Waals surface area contributed by atoms with Gasteiger partial charge in [0.05, 0.1) is 60.5 Å². The Morgan fingerprint density at radius 3 is 2.32 bits per heavy atom. The first-order valence-corrected chi connectivity index (χ1v) is 14.3. The lowest BCUT2D eigenvalue weighted by molar-refractivity contribution is -0.111. The lowest BCUT2D eigenvalue weighted by Crippen LogP contribution is -2.45. The summed E-state index contributed by atoms with van der Waals surface area (Å²) in [7, 11) is 2.88. The number of aryl methyl sites for hydroxylation is 2. The highest BCUT2D eigenvalue weighted by Crippen LogP contribution is 2.45. The van der Waals surface area contributed by atoms with Crippen molar-refractivity contribution in [2.24, 2.45) is 0 Å². The molecular weight excluding hydrogens is 611 g/mol. The number of pyridine rings is 2. The highest BCUT2D eigenvalue weighted by molar-refractivity contribution is 6.41. The maximum absolute atomic E-state index is 14.2. The summed E-state index contributed by atoms with van der Waals surface area (Å²) in [5.74, 6) is 0.283. The normalized spacial score (nSPS) is 11.3. The second-order valence-electron chi connectivity index (χ2n) is 9.83. The van der Waals surface area contributed by atoms with Gasteiger partial charge in [0.1, 0.15) is 17.1 Å². The maximum Gasteiger partial charge on any atom is 0.260 e. The standard InChI is InChI=1S/C30H32Cl2N6O6/c1-5-23(41)35-19-8-7-18(33-14-19)9-10-38-27-17(13-34-29(36-27)37-30(6-2,15-39)16-40)11-20(28(38)42)24-25(31)21(43-3)12-22(44-4)26(24)32/h5,7-8,11-14,39-40H,1,6,9-10,15-16H2,2-4H3,(H,35,41)(H,34,36,37). The van der Waals surface area contributed by atoms with E-state index < -0.39 is 11.1 Å². The molecule has 14 heteroatoms. The number of aromatic nitrogens is 4. The van der Waals surface area contributed by atoms with Gasteiger partial charge in [-0.1, -0.05) is 36.7 Å². The molecule has 3 aromatic heterocycles. The van der Waals surface area contributed by atoms with Crippen LogP contribution >= 0.6 is 23.2 Å². The largest absolute Gasteiger partial charge is 0.495 e. The van der Waals surface area contributed by atoms with Gasteiger partial charge in [-0.25, -0.2) is 4.98 Å². The summed E-state index contributed by atoms with van der Waals surface area (Å²) >= 11 is 13.4. The highest BCUT2D eigenvalue weighted by Gasteiger charge is 2.28. The smallest absolute Gasteiger partial charge is 0.260 e. The summed E-state index contributed by atoms with van der Waals surface area (Å²) in [5.41, 5.74) is 0.288. The van der Waals surface area contributed by atoms with Gasteiger partial charge in [-0.05, 0) is 30.7 Å². The number of benzene rings is 1. The molecule has 4 N–H and O–H groups in total. The molecule has 12 nitrogen and oxygen atoms in total. The number of amides is 1. The summed E-state index contributed by atoms with van der Waals surface area (Å²) in [6.07, 6.45) is 4.89. The molecule has 0 fully saturated rings. The quantitative estimate of drug-likeness (QED) is 0.156. The number of ether oxygens (including phenoxy) is 2. The SMILES string of the molecule is C=CC(=O)Nc1ccc(CCn2c(=O)c(-c3c(Cl)c(OC)cc(OC)c3Cl)cc3cnc(NC(CC)(CO)CO)nc32)nc1. The Bertz CT molecular complexity index is 1710. The van der Waals surface area contributed by atoms with E-state index in [9.17, 15) is 19.8 Å². The molecule has 1 aromatic carbocycles. The number of nitrogens with one attached hydrogen (secondary N) is 2. The minimum absolute atomic E-state index is 0.114. The van der Waals surface area contributed by atoms with Crippen LogP contribution in [0.15, 0.2) is 54.1 Å². The summed E-state index contributed by atoms with van der Waals surface area (Å²) in [6, 6.07) is 6.55. The Kier molecular flexibility index (Phi) is 10.4. The van der Waals surface area contributed by atoms with Crippen molar-refractivity contribution >= 4 is 51.8 Å². The average Bonchev–Trinajstić information content (AvgIpc) is 3.04. The van der Waals surface area contributed by atoms with Crippen LogP contribution in [0.1, 0.15) is 19.0 Å². The van der Waals surface area contributed by atoms with Crippen LogP contribution in [-0.4, -0.2) is 68.6 Å². The van der Waals surface area contributed by atoms with Crippen LogP contribution in [0.4, 0.5) is 11.6 Å². The molecule has 0 bridgehead atoms. The van der Waals surface area contributed by atoms with E-state index in [0.717, 1.165) is 6.08 Å². The number of halogens is 2. The first-order chi connectivity index (χ1) is 21.1. The van der Waals surface area contributed by atoms with E-state index in [1.807, 2.05) is 0 Å². The van der Waals surface area contributed by atoms with Gasteiger partial charge >= 0.3 is 0 Å². The van der Waals surface area contributed by atoms with Crippen LogP contribution in [0.5, 0.6) is 11.5 Å². The van der Waals surface area contributed by atoms with Gasteiger partial charge in [0, 0.05) is 41.9 Å². The lowest BCUT2D eigenvalue weighted by atomic mass is 9.99. The van der Waals surface area contributed by atoms with E-state index in [4.69, 9.17) is 32.7 Å². The number of fused-ring (bicyclic) bond motifs is 1. The third-order valence-electron chi connectivity index (χ3n) is 7.20. The van der Waals surface area contributed by atoms with Crippen LogP contribution in [0.25, 0.3) is 22.2 Å². The molecule has 1 amide bonds. The number of aliphatic hydroxyl groups excluding tert-OH is 2. The van der Waals surface area contributed by atoms with Crippen molar-refractivity contribution in [2.45, 2.75) is 31.8 Å². The lowest BCUT2D eigenvalue weighted by Gasteiger charge is -2.29. The van der Waals surface area contributed by atoms with Crippen LogP contribution in [0, 0.1) is 0 Å². The molecule has 232 valence electrons. The molecule has 0 aliphatic heterocycles. The van der Waals surface area contributed by atoms with Gasteiger partial charge in [-0.15, -0.1) is 0 Å². The fraction of sp³-hybridized carbons (Fsp3) is 0.300. The number of nitrogens with zero attached hydrogens (tertiary/aromatic N) is 4. The molecule has 0 saturated heterocycles. The molecule has 4 aromatic rings. The first-order valence-electron chi connectivity index (χ1n) is 13.5. The van der Waals surface area contributed by atoms with E-state index in [0.29, 0.717) is 29.6 Å². The maximum atomic E-state index is 14.2. The van der Waals surface area contributed by atoms with Crippen LogP contribution < -0.4 is 25.7 Å². The second-order valence-corrected chi connectivity index (χ2v) is 10.6. The van der Waals surface area contributed by atoms with Gasteiger partial charge in [0.2, 0.25) is 11.9 Å². The number of anilines is 2. The summed E-state index contributed by atoms with van der Waals surface area (Å²) in [5, 5.41) is 26.2. The number of carbonyl (C=O) groups excluding carboxylic acids is 1. The molecular formula is C30H32Cl2N6O6. The summed E-state index contributed by atoms with van der Waals surface area (Å²) < 4.78 is 12.3. The zero-order chi connectivity index (χ0) is 32.0. The molecule has 0 aliphatic rings. The van der Waals surface area contributed by atoms with Crippen molar-refractivity contribution in [1.82, 2.24) is 19.5 Å². The Morgan fingerprint density at radius 2 is 1.77 bits per heavy atom. The molecule has 0 aliphatic carbocycles. The number of rotatable bonds is 13. The van der Waals surface area contributed by atoms with Gasteiger partial charge < -0.3 is 30.3 Å². The Morgan fingerprint density at radius 1 is 1.09 bits per heavy atom. The molecule has 0 spiro atoms. The fourth-order valence-electron chi connectivity index (χ4n) is 4.47. The molecule has 0 unspecified atom stereocenters. The fourth-order valence-corrected chi connectivity index (χ4v) is 5.18. The Balaban J connectivity index is 1.87.